The minimum atomic E-state index is -0.274. The number of nitrogens with zero attached hydrogens (tertiary/aromatic N) is 1. The number of hydrogen-bond donors (Lipinski definition) is 1. The average molecular weight is 255 g/mol. The second kappa shape index (κ2) is 4.93. The maximum atomic E-state index is 10.5. The summed E-state index contributed by atoms with van der Waals surface area (Å²) in [6, 6.07) is 12.3. The van der Waals surface area contributed by atoms with Crippen LogP contribution in [0.1, 0.15) is 38.3 Å². The van der Waals surface area contributed by atoms with Crippen LogP contribution < -0.4 is 0 Å². The number of pyridine rings is 1. The van der Waals surface area contributed by atoms with Crippen molar-refractivity contribution in [3.05, 3.63) is 42.1 Å². The molecule has 2 nitrogen and oxygen atoms in total. The van der Waals surface area contributed by atoms with Crippen molar-refractivity contribution < 1.29 is 5.11 Å². The van der Waals surface area contributed by atoms with Crippen molar-refractivity contribution in [2.24, 2.45) is 5.41 Å². The Morgan fingerprint density at radius 3 is 2.68 bits per heavy atom. The van der Waals surface area contributed by atoms with Crippen LogP contribution >= 0.6 is 0 Å². The zero-order valence-electron chi connectivity index (χ0n) is 11.5. The van der Waals surface area contributed by atoms with Gasteiger partial charge in [-0.3, -0.25) is 4.98 Å². The Morgan fingerprint density at radius 2 is 1.89 bits per heavy atom. The van der Waals surface area contributed by atoms with Crippen molar-refractivity contribution in [1.29, 1.82) is 0 Å². The average Bonchev–Trinajstić information content (AvgIpc) is 2.87. The molecule has 0 amide bonds. The first kappa shape index (κ1) is 12.6. The molecule has 2 aromatic rings. The lowest BCUT2D eigenvalue weighted by atomic mass is 9.80. The van der Waals surface area contributed by atoms with E-state index < -0.39 is 0 Å². The molecule has 1 saturated carbocycles. The molecule has 0 spiro atoms. The van der Waals surface area contributed by atoms with Gasteiger partial charge < -0.3 is 5.11 Å². The molecule has 0 saturated heterocycles. The standard InChI is InChI=1S/C17H21NO/c1-17(10-4-5-11-17)16(19)12-14-9-8-13-6-2-3-7-15(13)18-14/h2-3,6-9,16,19H,4-5,10-12H2,1H3. The number of rotatable bonds is 3. The number of para-hydroxylation sites is 1. The van der Waals surface area contributed by atoms with Crippen LogP contribution in [-0.2, 0) is 6.42 Å². The predicted molar refractivity (Wildman–Crippen MR) is 78.0 cm³/mol. The van der Waals surface area contributed by atoms with Gasteiger partial charge in [-0.25, -0.2) is 0 Å². The maximum Gasteiger partial charge on any atom is 0.0705 e. The van der Waals surface area contributed by atoms with E-state index in [1.54, 1.807) is 0 Å². The molecule has 0 radical (unpaired) electrons. The second-order valence-corrected chi connectivity index (χ2v) is 6.08. The van der Waals surface area contributed by atoms with Crippen LogP contribution in [0.3, 0.4) is 0 Å². The van der Waals surface area contributed by atoms with Gasteiger partial charge in [0.2, 0.25) is 0 Å². The molecular weight excluding hydrogens is 234 g/mol. The zero-order chi connectivity index (χ0) is 13.3. The summed E-state index contributed by atoms with van der Waals surface area (Å²) in [6.45, 7) is 2.21. The largest absolute Gasteiger partial charge is 0.392 e. The van der Waals surface area contributed by atoms with E-state index in [0.717, 1.165) is 29.4 Å². The predicted octanol–water partition coefficient (Wildman–Crippen LogP) is 3.72. The molecule has 100 valence electrons. The third-order valence-electron chi connectivity index (χ3n) is 4.61. The highest BCUT2D eigenvalue weighted by Gasteiger charge is 2.35. The number of aromatic nitrogens is 1. The van der Waals surface area contributed by atoms with Crippen molar-refractivity contribution in [3.8, 4) is 0 Å². The lowest BCUT2D eigenvalue weighted by Gasteiger charge is -2.29. The quantitative estimate of drug-likeness (QED) is 0.906. The minimum Gasteiger partial charge on any atom is -0.392 e. The van der Waals surface area contributed by atoms with Crippen LogP contribution in [-0.4, -0.2) is 16.2 Å². The molecule has 1 unspecified atom stereocenters. The van der Waals surface area contributed by atoms with Crippen molar-refractivity contribution in [3.63, 3.8) is 0 Å². The van der Waals surface area contributed by atoms with Crippen LogP contribution in [0.5, 0.6) is 0 Å². The van der Waals surface area contributed by atoms with Gasteiger partial charge in [-0.1, -0.05) is 44.0 Å². The van der Waals surface area contributed by atoms with E-state index in [-0.39, 0.29) is 11.5 Å². The Labute approximate surface area is 114 Å². The van der Waals surface area contributed by atoms with Crippen LogP contribution in [0.4, 0.5) is 0 Å². The molecule has 1 N–H and O–H groups in total. The van der Waals surface area contributed by atoms with Crippen LogP contribution in [0.15, 0.2) is 36.4 Å². The fourth-order valence-electron chi connectivity index (χ4n) is 3.18. The van der Waals surface area contributed by atoms with E-state index in [2.05, 4.69) is 24.0 Å². The lowest BCUT2D eigenvalue weighted by Crippen LogP contribution is -2.31. The first-order valence-corrected chi connectivity index (χ1v) is 7.20. The molecule has 0 aliphatic heterocycles. The van der Waals surface area contributed by atoms with Crippen LogP contribution in [0, 0.1) is 5.41 Å². The van der Waals surface area contributed by atoms with Gasteiger partial charge in [-0.2, -0.15) is 0 Å². The van der Waals surface area contributed by atoms with Crippen molar-refractivity contribution >= 4 is 10.9 Å². The number of hydrogen-bond acceptors (Lipinski definition) is 2. The minimum absolute atomic E-state index is 0.0906. The molecule has 1 aliphatic carbocycles. The number of fused-ring (bicyclic) bond motifs is 1. The summed E-state index contributed by atoms with van der Waals surface area (Å²) < 4.78 is 0. The highest BCUT2D eigenvalue weighted by molar-refractivity contribution is 5.78. The number of benzene rings is 1. The van der Waals surface area contributed by atoms with Crippen LogP contribution in [0.2, 0.25) is 0 Å². The highest BCUT2D eigenvalue weighted by Crippen LogP contribution is 2.41. The summed E-state index contributed by atoms with van der Waals surface area (Å²) in [5, 5.41) is 11.7. The van der Waals surface area contributed by atoms with Gasteiger partial charge in [-0.05, 0) is 30.4 Å². The van der Waals surface area contributed by atoms with Crippen LogP contribution in [0.25, 0.3) is 10.9 Å². The summed E-state index contributed by atoms with van der Waals surface area (Å²) in [7, 11) is 0. The molecular formula is C17H21NO. The number of aliphatic hydroxyl groups is 1. The van der Waals surface area contributed by atoms with E-state index in [4.69, 9.17) is 0 Å². The van der Waals surface area contributed by atoms with E-state index in [1.807, 2.05) is 24.3 Å². The monoisotopic (exact) mass is 255 g/mol. The molecule has 1 aromatic heterocycles. The molecule has 1 aliphatic rings. The van der Waals surface area contributed by atoms with E-state index >= 15 is 0 Å². The Bertz CT molecular complexity index is 572. The van der Waals surface area contributed by atoms with Crippen molar-refractivity contribution in [2.75, 3.05) is 0 Å². The fourth-order valence-corrected chi connectivity index (χ4v) is 3.18. The molecule has 1 heterocycles. The van der Waals surface area contributed by atoms with Gasteiger partial charge >= 0.3 is 0 Å². The molecule has 3 rings (SSSR count). The van der Waals surface area contributed by atoms with E-state index in [1.165, 1.54) is 12.8 Å². The summed E-state index contributed by atoms with van der Waals surface area (Å²) in [5.41, 5.74) is 2.11. The van der Waals surface area contributed by atoms with Gasteiger partial charge in [0.15, 0.2) is 0 Å². The smallest absolute Gasteiger partial charge is 0.0705 e. The van der Waals surface area contributed by atoms with Gasteiger partial charge in [-0.15, -0.1) is 0 Å². The third-order valence-corrected chi connectivity index (χ3v) is 4.61. The molecule has 1 atom stereocenters. The van der Waals surface area contributed by atoms with Gasteiger partial charge in [0.05, 0.1) is 11.6 Å². The lowest BCUT2D eigenvalue weighted by molar-refractivity contribution is 0.0417. The first-order chi connectivity index (χ1) is 9.17. The molecule has 0 bridgehead atoms. The van der Waals surface area contributed by atoms with Gasteiger partial charge in [0.25, 0.3) is 0 Å². The summed E-state index contributed by atoms with van der Waals surface area (Å²) in [5.74, 6) is 0. The fraction of sp³-hybridized carbons (Fsp3) is 0.471. The first-order valence-electron chi connectivity index (χ1n) is 7.20. The van der Waals surface area contributed by atoms with E-state index in [9.17, 15) is 5.11 Å². The Hall–Kier alpha value is -1.41. The summed E-state index contributed by atoms with van der Waals surface area (Å²) >= 11 is 0. The van der Waals surface area contributed by atoms with Crippen molar-refractivity contribution in [2.45, 2.75) is 45.1 Å². The summed E-state index contributed by atoms with van der Waals surface area (Å²) in [4.78, 5) is 4.66. The molecule has 1 aromatic carbocycles. The summed E-state index contributed by atoms with van der Waals surface area (Å²) in [6.07, 6.45) is 5.17. The van der Waals surface area contributed by atoms with E-state index in [0.29, 0.717) is 6.42 Å². The van der Waals surface area contributed by atoms with Crippen molar-refractivity contribution in [1.82, 2.24) is 4.98 Å². The third kappa shape index (κ3) is 2.50. The molecule has 1 fully saturated rings. The molecule has 2 heteroatoms. The normalized spacial score (nSPS) is 19.7. The zero-order valence-corrected chi connectivity index (χ0v) is 11.5. The second-order valence-electron chi connectivity index (χ2n) is 6.08. The SMILES string of the molecule is CC1(C(O)Cc2ccc3ccccc3n2)CCCC1. The Balaban J connectivity index is 1.81. The Morgan fingerprint density at radius 1 is 1.16 bits per heavy atom. The topological polar surface area (TPSA) is 33.1 Å². The highest BCUT2D eigenvalue weighted by atomic mass is 16.3. The van der Waals surface area contributed by atoms with Gasteiger partial charge in [0, 0.05) is 17.5 Å². The maximum absolute atomic E-state index is 10.5. The number of aliphatic hydroxyl groups excluding tert-OH is 1. The molecule has 19 heavy (non-hydrogen) atoms. The van der Waals surface area contributed by atoms with Gasteiger partial charge in [0.1, 0.15) is 0 Å². The Kier molecular flexibility index (Phi) is 3.28.